The lowest BCUT2D eigenvalue weighted by Gasteiger charge is -2.40. The van der Waals surface area contributed by atoms with Crippen LogP contribution >= 0.6 is 15.9 Å². The van der Waals surface area contributed by atoms with Gasteiger partial charge in [-0.05, 0) is 32.0 Å². The molecule has 0 spiro atoms. The first-order chi connectivity index (χ1) is 9.23. The molecule has 1 saturated heterocycles. The maximum atomic E-state index is 13.8. The summed E-state index contributed by atoms with van der Waals surface area (Å²) in [4.78, 5) is 36.7. The normalized spacial score (nSPS) is 17.9. The van der Waals surface area contributed by atoms with Gasteiger partial charge >= 0.3 is 0 Å². The fourth-order valence-corrected chi connectivity index (χ4v) is 2.28. The van der Waals surface area contributed by atoms with Gasteiger partial charge in [-0.1, -0.05) is 15.9 Å². The van der Waals surface area contributed by atoms with Crippen LogP contribution in [0.15, 0.2) is 22.7 Å². The molecule has 3 amide bonds. The molecular weight excluding hydrogens is 331 g/mol. The van der Waals surface area contributed by atoms with Crippen molar-refractivity contribution in [1.82, 2.24) is 10.2 Å². The van der Waals surface area contributed by atoms with Crippen LogP contribution in [0, 0.1) is 5.82 Å². The molecule has 0 unspecified atom stereocenters. The van der Waals surface area contributed by atoms with E-state index in [0.717, 1.165) is 11.0 Å². The minimum absolute atomic E-state index is 0.185. The summed E-state index contributed by atoms with van der Waals surface area (Å²) in [7, 11) is 0. The van der Waals surface area contributed by atoms with Crippen LogP contribution < -0.4 is 5.32 Å². The van der Waals surface area contributed by atoms with Gasteiger partial charge in [-0.15, -0.1) is 0 Å². The Bertz CT molecular complexity index is 616. The van der Waals surface area contributed by atoms with E-state index in [4.69, 9.17) is 0 Å². The van der Waals surface area contributed by atoms with Gasteiger partial charge in [0.25, 0.3) is 11.8 Å². The zero-order valence-electron chi connectivity index (χ0n) is 10.9. The van der Waals surface area contributed by atoms with Crippen molar-refractivity contribution in [3.63, 3.8) is 0 Å². The lowest BCUT2D eigenvalue weighted by atomic mass is 9.97. The van der Waals surface area contributed by atoms with Crippen molar-refractivity contribution in [1.29, 1.82) is 0 Å². The number of hydrogen-bond acceptors (Lipinski definition) is 3. The molecule has 1 aliphatic heterocycles. The molecule has 0 radical (unpaired) electrons. The number of halogens is 2. The van der Waals surface area contributed by atoms with E-state index in [1.165, 1.54) is 26.0 Å². The third-order valence-electron chi connectivity index (χ3n) is 3.19. The van der Waals surface area contributed by atoms with Crippen LogP contribution in [0.5, 0.6) is 0 Å². The van der Waals surface area contributed by atoms with Crippen LogP contribution in [0.3, 0.4) is 0 Å². The van der Waals surface area contributed by atoms with Gasteiger partial charge in [0, 0.05) is 4.47 Å². The highest BCUT2D eigenvalue weighted by Crippen LogP contribution is 2.24. The summed E-state index contributed by atoms with van der Waals surface area (Å²) in [5, 5.41) is 2.16. The maximum Gasteiger partial charge on any atom is 0.258 e. The summed E-state index contributed by atoms with van der Waals surface area (Å²) >= 11 is 3.16. The monoisotopic (exact) mass is 342 g/mol. The third kappa shape index (κ3) is 2.45. The summed E-state index contributed by atoms with van der Waals surface area (Å²) in [6.45, 7) is 2.72. The first-order valence-electron chi connectivity index (χ1n) is 5.85. The largest absolute Gasteiger partial charge is 0.315 e. The smallest absolute Gasteiger partial charge is 0.258 e. The lowest BCUT2D eigenvalue weighted by molar-refractivity contribution is -0.143. The Morgan fingerprint density at radius 3 is 2.70 bits per heavy atom. The minimum atomic E-state index is -1.22. The van der Waals surface area contributed by atoms with Gasteiger partial charge in [0.1, 0.15) is 17.9 Å². The van der Waals surface area contributed by atoms with Crippen LogP contribution in [0.1, 0.15) is 24.2 Å². The molecule has 1 aromatic rings. The van der Waals surface area contributed by atoms with E-state index >= 15 is 0 Å². The molecule has 0 aliphatic carbocycles. The molecular formula is C13H12BrFN2O3. The zero-order chi connectivity index (χ0) is 15.1. The maximum absolute atomic E-state index is 13.8. The fourth-order valence-electron chi connectivity index (χ4n) is 1.92. The molecule has 0 aromatic heterocycles. The Kier molecular flexibility index (Phi) is 3.64. The average Bonchev–Trinajstić information content (AvgIpc) is 2.36. The van der Waals surface area contributed by atoms with Gasteiger partial charge in [0.2, 0.25) is 5.91 Å². The minimum Gasteiger partial charge on any atom is -0.315 e. The second-order valence-electron chi connectivity index (χ2n) is 4.95. The summed E-state index contributed by atoms with van der Waals surface area (Å²) in [6.07, 6.45) is 0. The van der Waals surface area contributed by atoms with Crippen molar-refractivity contribution in [2.24, 2.45) is 0 Å². The molecule has 7 heteroatoms. The molecule has 0 atom stereocenters. The Balaban J connectivity index is 2.43. The second-order valence-corrected chi connectivity index (χ2v) is 5.87. The first-order valence-corrected chi connectivity index (χ1v) is 6.64. The number of benzene rings is 1. The number of carbonyl (C=O) groups excluding carboxylic acids is 3. The van der Waals surface area contributed by atoms with E-state index in [1.807, 2.05) is 0 Å². The topological polar surface area (TPSA) is 66.5 Å². The number of imide groups is 1. The Morgan fingerprint density at radius 1 is 1.40 bits per heavy atom. The highest BCUT2D eigenvalue weighted by molar-refractivity contribution is 9.10. The number of nitrogens with one attached hydrogen (secondary N) is 1. The third-order valence-corrected chi connectivity index (χ3v) is 3.68. The number of nitrogens with zero attached hydrogens (tertiary/aromatic N) is 1. The van der Waals surface area contributed by atoms with Gasteiger partial charge in [-0.2, -0.15) is 0 Å². The Morgan fingerprint density at radius 2 is 2.05 bits per heavy atom. The van der Waals surface area contributed by atoms with Gasteiger partial charge in [0.05, 0.1) is 5.56 Å². The molecule has 5 nitrogen and oxygen atoms in total. The number of carbonyl (C=O) groups is 3. The number of rotatable bonds is 1. The molecule has 1 heterocycles. The van der Waals surface area contributed by atoms with Crippen molar-refractivity contribution in [3.8, 4) is 0 Å². The van der Waals surface area contributed by atoms with Gasteiger partial charge in [-0.25, -0.2) is 4.39 Å². The highest BCUT2D eigenvalue weighted by Gasteiger charge is 2.44. The van der Waals surface area contributed by atoms with Crippen molar-refractivity contribution < 1.29 is 18.8 Å². The van der Waals surface area contributed by atoms with Crippen molar-refractivity contribution in [2.45, 2.75) is 19.4 Å². The summed E-state index contributed by atoms with van der Waals surface area (Å²) in [5.74, 6) is -2.57. The van der Waals surface area contributed by atoms with Crippen molar-refractivity contribution >= 4 is 33.7 Å². The summed E-state index contributed by atoms with van der Waals surface area (Å²) in [6, 6.07) is 3.94. The lowest BCUT2D eigenvalue weighted by Crippen LogP contribution is -2.65. The van der Waals surface area contributed by atoms with Crippen molar-refractivity contribution in [2.75, 3.05) is 6.54 Å². The average molecular weight is 343 g/mol. The first kappa shape index (κ1) is 14.6. The molecule has 1 fully saturated rings. The molecule has 1 aromatic carbocycles. The number of amides is 3. The van der Waals surface area contributed by atoms with Gasteiger partial charge < -0.3 is 4.90 Å². The van der Waals surface area contributed by atoms with E-state index in [1.54, 1.807) is 0 Å². The van der Waals surface area contributed by atoms with Crippen LogP contribution in [-0.4, -0.2) is 34.7 Å². The molecule has 0 saturated carbocycles. The van der Waals surface area contributed by atoms with Crippen molar-refractivity contribution in [3.05, 3.63) is 34.1 Å². The zero-order valence-corrected chi connectivity index (χ0v) is 12.5. The Hall–Kier alpha value is -1.76. The van der Waals surface area contributed by atoms with Crippen LogP contribution in [0.4, 0.5) is 4.39 Å². The number of hydrogen-bond donors (Lipinski definition) is 1. The summed E-state index contributed by atoms with van der Waals surface area (Å²) in [5.41, 5.74) is -1.41. The molecule has 20 heavy (non-hydrogen) atoms. The second kappa shape index (κ2) is 4.97. The molecule has 1 N–H and O–H groups in total. The quantitative estimate of drug-likeness (QED) is 0.786. The fraction of sp³-hybridized carbons (Fsp3) is 0.308. The van der Waals surface area contributed by atoms with E-state index in [2.05, 4.69) is 21.2 Å². The molecule has 106 valence electrons. The van der Waals surface area contributed by atoms with Gasteiger partial charge in [-0.3, -0.25) is 19.7 Å². The Labute approximate surface area is 123 Å². The molecule has 2 rings (SSSR count). The van der Waals surface area contributed by atoms with Gasteiger partial charge in [0.15, 0.2) is 0 Å². The molecule has 0 bridgehead atoms. The van der Waals surface area contributed by atoms with Crippen LogP contribution in [-0.2, 0) is 9.59 Å². The van der Waals surface area contributed by atoms with E-state index in [9.17, 15) is 18.8 Å². The van der Waals surface area contributed by atoms with Crippen LogP contribution in [0.2, 0.25) is 0 Å². The van der Waals surface area contributed by atoms with E-state index in [0.29, 0.717) is 4.47 Å². The SMILES string of the molecule is CC1(C)C(=O)NC(=O)CN1C(=O)c1cc(Br)ccc1F. The van der Waals surface area contributed by atoms with Crippen LogP contribution in [0.25, 0.3) is 0 Å². The predicted octanol–water partition coefficient (Wildman–Crippen LogP) is 1.47. The summed E-state index contributed by atoms with van der Waals surface area (Å²) < 4.78 is 14.3. The number of piperazine rings is 1. The van der Waals surface area contributed by atoms with E-state index in [-0.39, 0.29) is 12.1 Å². The van der Waals surface area contributed by atoms with E-state index < -0.39 is 29.1 Å². The standard InChI is InChI=1S/C13H12BrFN2O3/c1-13(2)12(20)16-10(18)6-17(13)11(19)8-5-7(14)3-4-9(8)15/h3-5H,6H2,1-2H3,(H,16,18,20). The highest BCUT2D eigenvalue weighted by atomic mass is 79.9. The predicted molar refractivity (Wildman–Crippen MR) is 72.4 cm³/mol. The molecule has 1 aliphatic rings.